The van der Waals surface area contributed by atoms with Crippen molar-refractivity contribution in [3.63, 3.8) is 0 Å². The van der Waals surface area contributed by atoms with Gasteiger partial charge in [0.15, 0.2) is 0 Å². The van der Waals surface area contributed by atoms with Crippen LogP contribution in [0.5, 0.6) is 0 Å². The smallest absolute Gasteiger partial charge is 0.305 e. The number of hydrogen-bond donors (Lipinski definition) is 1. The molecule has 0 fully saturated rings. The first-order chi connectivity index (χ1) is 7.63. The van der Waals surface area contributed by atoms with E-state index >= 15 is 0 Å². The van der Waals surface area contributed by atoms with E-state index in [0.29, 0.717) is 6.42 Å². The van der Waals surface area contributed by atoms with Crippen LogP contribution in [-0.4, -0.2) is 19.6 Å². The SMILES string of the molecule is COC(=O)CCCNC(C)c1csc(Cl)c1. The Kier molecular flexibility index (Phi) is 5.80. The predicted octanol–water partition coefficient (Wildman–Crippen LogP) is 3.01. The van der Waals surface area contributed by atoms with E-state index in [1.807, 2.05) is 11.4 Å². The minimum atomic E-state index is -0.159. The lowest BCUT2D eigenvalue weighted by molar-refractivity contribution is -0.140. The molecule has 0 amide bonds. The fraction of sp³-hybridized carbons (Fsp3) is 0.545. The number of carbonyl (C=O) groups excluding carboxylic acids is 1. The number of ether oxygens (including phenoxy) is 1. The molecule has 3 nitrogen and oxygen atoms in total. The van der Waals surface area contributed by atoms with Crippen molar-refractivity contribution in [1.29, 1.82) is 0 Å². The van der Waals surface area contributed by atoms with Crippen LogP contribution in [0.1, 0.15) is 31.4 Å². The van der Waals surface area contributed by atoms with Gasteiger partial charge in [-0.15, -0.1) is 11.3 Å². The molecular formula is C11H16ClNO2S. The van der Waals surface area contributed by atoms with Gasteiger partial charge in [-0.3, -0.25) is 4.79 Å². The molecule has 0 radical (unpaired) electrons. The zero-order valence-electron chi connectivity index (χ0n) is 9.46. The molecule has 0 bridgehead atoms. The Bertz CT molecular complexity index is 340. The van der Waals surface area contributed by atoms with Crippen LogP contribution in [0.2, 0.25) is 4.34 Å². The maximum absolute atomic E-state index is 10.9. The molecule has 0 aliphatic rings. The van der Waals surface area contributed by atoms with Crippen LogP contribution in [0.4, 0.5) is 0 Å². The second-order valence-electron chi connectivity index (χ2n) is 3.54. The average Bonchev–Trinajstić information content (AvgIpc) is 2.70. The summed E-state index contributed by atoms with van der Waals surface area (Å²) in [4.78, 5) is 10.9. The molecule has 1 rings (SSSR count). The van der Waals surface area contributed by atoms with E-state index in [1.54, 1.807) is 0 Å². The van der Waals surface area contributed by atoms with Crippen LogP contribution in [-0.2, 0) is 9.53 Å². The topological polar surface area (TPSA) is 38.3 Å². The lowest BCUT2D eigenvalue weighted by atomic mass is 10.2. The minimum absolute atomic E-state index is 0.159. The van der Waals surface area contributed by atoms with Crippen LogP contribution in [0.15, 0.2) is 11.4 Å². The molecule has 0 aliphatic carbocycles. The van der Waals surface area contributed by atoms with E-state index in [-0.39, 0.29) is 12.0 Å². The molecular weight excluding hydrogens is 246 g/mol. The Labute approximate surface area is 105 Å². The third kappa shape index (κ3) is 4.51. The van der Waals surface area contributed by atoms with Gasteiger partial charge in [0, 0.05) is 12.5 Å². The molecule has 1 heterocycles. The molecule has 0 saturated heterocycles. The van der Waals surface area contributed by atoms with E-state index in [4.69, 9.17) is 11.6 Å². The highest BCUT2D eigenvalue weighted by atomic mass is 35.5. The number of esters is 1. The lowest BCUT2D eigenvalue weighted by Gasteiger charge is -2.11. The number of thiophene rings is 1. The molecule has 0 aliphatic heterocycles. The molecule has 90 valence electrons. The van der Waals surface area contributed by atoms with E-state index in [2.05, 4.69) is 17.0 Å². The van der Waals surface area contributed by atoms with E-state index in [0.717, 1.165) is 17.3 Å². The molecule has 16 heavy (non-hydrogen) atoms. The Hall–Kier alpha value is -0.580. The number of nitrogens with one attached hydrogen (secondary N) is 1. The Morgan fingerprint density at radius 2 is 2.44 bits per heavy atom. The highest BCUT2D eigenvalue weighted by Crippen LogP contribution is 2.24. The highest BCUT2D eigenvalue weighted by molar-refractivity contribution is 7.14. The highest BCUT2D eigenvalue weighted by Gasteiger charge is 2.07. The molecule has 0 saturated carbocycles. The molecule has 0 spiro atoms. The average molecular weight is 262 g/mol. The number of halogens is 1. The molecule has 1 N–H and O–H groups in total. The molecule has 1 aromatic rings. The zero-order chi connectivity index (χ0) is 12.0. The first kappa shape index (κ1) is 13.5. The van der Waals surface area contributed by atoms with Crippen LogP contribution < -0.4 is 5.32 Å². The van der Waals surface area contributed by atoms with Gasteiger partial charge in [0.25, 0.3) is 0 Å². The lowest BCUT2D eigenvalue weighted by Crippen LogP contribution is -2.20. The van der Waals surface area contributed by atoms with Crippen molar-refractivity contribution >= 4 is 28.9 Å². The first-order valence-corrected chi connectivity index (χ1v) is 6.43. The summed E-state index contributed by atoms with van der Waals surface area (Å²) >= 11 is 7.39. The van der Waals surface area contributed by atoms with Gasteiger partial charge in [0.05, 0.1) is 11.4 Å². The fourth-order valence-corrected chi connectivity index (χ4v) is 2.31. The summed E-state index contributed by atoms with van der Waals surface area (Å²) in [6.07, 6.45) is 1.25. The number of rotatable bonds is 6. The van der Waals surface area contributed by atoms with Crippen LogP contribution in [0.25, 0.3) is 0 Å². The first-order valence-electron chi connectivity index (χ1n) is 5.17. The van der Waals surface area contributed by atoms with E-state index in [9.17, 15) is 4.79 Å². The Morgan fingerprint density at radius 3 is 3.00 bits per heavy atom. The molecule has 0 aromatic carbocycles. The van der Waals surface area contributed by atoms with Crippen molar-refractivity contribution in [2.24, 2.45) is 0 Å². The van der Waals surface area contributed by atoms with Gasteiger partial charge in [0.1, 0.15) is 0 Å². The van der Waals surface area contributed by atoms with E-state index in [1.165, 1.54) is 24.0 Å². The summed E-state index contributed by atoms with van der Waals surface area (Å²) in [6, 6.07) is 2.23. The maximum atomic E-state index is 10.9. The van der Waals surface area contributed by atoms with Gasteiger partial charge in [0.2, 0.25) is 0 Å². The van der Waals surface area contributed by atoms with Crippen molar-refractivity contribution in [2.75, 3.05) is 13.7 Å². The van der Waals surface area contributed by atoms with Gasteiger partial charge < -0.3 is 10.1 Å². The minimum Gasteiger partial charge on any atom is -0.469 e. The van der Waals surface area contributed by atoms with Crippen LogP contribution in [0.3, 0.4) is 0 Å². The third-order valence-electron chi connectivity index (χ3n) is 2.32. The summed E-state index contributed by atoms with van der Waals surface area (Å²) < 4.78 is 5.37. The quantitative estimate of drug-likeness (QED) is 0.632. The number of carbonyl (C=O) groups is 1. The number of hydrogen-bond acceptors (Lipinski definition) is 4. The normalized spacial score (nSPS) is 12.4. The second kappa shape index (κ2) is 6.89. The van der Waals surface area contributed by atoms with E-state index < -0.39 is 0 Å². The van der Waals surface area contributed by atoms with Crippen molar-refractivity contribution in [1.82, 2.24) is 5.32 Å². The predicted molar refractivity (Wildman–Crippen MR) is 67.0 cm³/mol. The van der Waals surface area contributed by atoms with Gasteiger partial charge in [-0.25, -0.2) is 0 Å². The summed E-state index contributed by atoms with van der Waals surface area (Å²) in [7, 11) is 1.41. The Morgan fingerprint density at radius 1 is 1.69 bits per heavy atom. The number of methoxy groups -OCH3 is 1. The standard InChI is InChI=1S/C11H16ClNO2S/c1-8(9-6-10(12)16-7-9)13-5-3-4-11(14)15-2/h6-8,13H,3-5H2,1-2H3. The van der Waals surface area contributed by atoms with Gasteiger partial charge in [-0.1, -0.05) is 11.6 Å². The Balaban J connectivity index is 2.20. The van der Waals surface area contributed by atoms with Crippen LogP contribution in [0, 0.1) is 0 Å². The summed E-state index contributed by atoms with van der Waals surface area (Å²) in [5, 5.41) is 5.37. The van der Waals surface area contributed by atoms with Gasteiger partial charge in [-0.2, -0.15) is 0 Å². The summed E-state index contributed by atoms with van der Waals surface area (Å²) in [5.41, 5.74) is 1.19. The van der Waals surface area contributed by atoms with Crippen molar-refractivity contribution in [3.05, 3.63) is 21.3 Å². The third-order valence-corrected chi connectivity index (χ3v) is 3.43. The molecule has 5 heteroatoms. The van der Waals surface area contributed by atoms with Crippen molar-refractivity contribution in [2.45, 2.75) is 25.8 Å². The summed E-state index contributed by atoms with van der Waals surface area (Å²) in [5.74, 6) is -0.159. The van der Waals surface area contributed by atoms with Gasteiger partial charge in [-0.05, 0) is 36.9 Å². The summed E-state index contributed by atoms with van der Waals surface area (Å²) in [6.45, 7) is 2.88. The van der Waals surface area contributed by atoms with Crippen LogP contribution >= 0.6 is 22.9 Å². The largest absolute Gasteiger partial charge is 0.469 e. The maximum Gasteiger partial charge on any atom is 0.305 e. The fourth-order valence-electron chi connectivity index (χ4n) is 1.32. The second-order valence-corrected chi connectivity index (χ2v) is 5.08. The zero-order valence-corrected chi connectivity index (χ0v) is 11.0. The molecule has 1 aromatic heterocycles. The van der Waals surface area contributed by atoms with Crippen molar-refractivity contribution < 1.29 is 9.53 Å². The monoisotopic (exact) mass is 261 g/mol. The molecule has 1 atom stereocenters. The van der Waals surface area contributed by atoms with Crippen molar-refractivity contribution in [3.8, 4) is 0 Å². The molecule has 1 unspecified atom stereocenters. The van der Waals surface area contributed by atoms with Gasteiger partial charge >= 0.3 is 5.97 Å².